The number of hydrogen-bond acceptors (Lipinski definition) is 5. The zero-order valence-electron chi connectivity index (χ0n) is 11.2. The van der Waals surface area contributed by atoms with Gasteiger partial charge in [-0.05, 0) is 18.1 Å². The van der Waals surface area contributed by atoms with Gasteiger partial charge in [0.15, 0.2) is 0 Å². The van der Waals surface area contributed by atoms with E-state index in [1.807, 2.05) is 31.2 Å². The van der Waals surface area contributed by atoms with E-state index in [2.05, 4.69) is 10.3 Å². The molecule has 21 heavy (non-hydrogen) atoms. The molecule has 0 radical (unpaired) electrons. The number of benzene rings is 1. The van der Waals surface area contributed by atoms with Crippen molar-refractivity contribution in [3.05, 3.63) is 63.3 Å². The van der Waals surface area contributed by atoms with Crippen LogP contribution in [0.2, 0.25) is 0 Å². The molecule has 0 atom stereocenters. The van der Waals surface area contributed by atoms with E-state index in [0.717, 1.165) is 17.3 Å². The highest BCUT2D eigenvalue weighted by Gasteiger charge is 2.20. The van der Waals surface area contributed by atoms with Crippen molar-refractivity contribution in [2.75, 3.05) is 5.32 Å². The highest BCUT2D eigenvalue weighted by Crippen LogP contribution is 2.20. The van der Waals surface area contributed by atoms with Crippen molar-refractivity contribution in [2.24, 2.45) is 0 Å². The number of rotatable bonds is 5. The molecule has 0 aliphatic carbocycles. The summed E-state index contributed by atoms with van der Waals surface area (Å²) in [5, 5.41) is 22.7. The Kier molecular flexibility index (Phi) is 4.13. The van der Waals surface area contributed by atoms with E-state index < -0.39 is 16.6 Å². The largest absolute Gasteiger partial charge is 0.477 e. The van der Waals surface area contributed by atoms with Crippen LogP contribution in [0.1, 0.15) is 21.5 Å². The lowest BCUT2D eigenvalue weighted by atomic mass is 10.1. The van der Waals surface area contributed by atoms with Crippen LogP contribution in [0.5, 0.6) is 0 Å². The predicted molar refractivity (Wildman–Crippen MR) is 76.4 cm³/mol. The van der Waals surface area contributed by atoms with Gasteiger partial charge in [0, 0.05) is 12.6 Å². The normalized spacial score (nSPS) is 10.1. The van der Waals surface area contributed by atoms with E-state index >= 15 is 0 Å². The lowest BCUT2D eigenvalue weighted by Gasteiger charge is -2.08. The molecule has 1 aromatic carbocycles. The highest BCUT2D eigenvalue weighted by atomic mass is 16.6. The predicted octanol–water partition coefficient (Wildman–Crippen LogP) is 2.61. The second-order valence-corrected chi connectivity index (χ2v) is 4.43. The summed E-state index contributed by atoms with van der Waals surface area (Å²) >= 11 is 0. The van der Waals surface area contributed by atoms with Crippen LogP contribution in [0.4, 0.5) is 11.5 Å². The van der Waals surface area contributed by atoms with Crippen molar-refractivity contribution >= 4 is 17.5 Å². The van der Waals surface area contributed by atoms with Crippen molar-refractivity contribution in [1.82, 2.24) is 4.98 Å². The molecule has 1 heterocycles. The minimum absolute atomic E-state index is 0.279. The highest BCUT2D eigenvalue weighted by molar-refractivity contribution is 5.93. The summed E-state index contributed by atoms with van der Waals surface area (Å²) in [6.45, 7) is 2.42. The first-order valence-corrected chi connectivity index (χ1v) is 6.15. The molecule has 0 spiro atoms. The van der Waals surface area contributed by atoms with Gasteiger partial charge in [0.25, 0.3) is 0 Å². The molecule has 0 amide bonds. The lowest BCUT2D eigenvalue weighted by Crippen LogP contribution is -2.07. The molecule has 0 saturated heterocycles. The van der Waals surface area contributed by atoms with Crippen LogP contribution < -0.4 is 5.32 Å². The number of hydrogen-bond donors (Lipinski definition) is 2. The fourth-order valence-electron chi connectivity index (χ4n) is 1.86. The summed E-state index contributed by atoms with van der Waals surface area (Å²) in [6.07, 6.45) is 0.948. The number of anilines is 1. The van der Waals surface area contributed by atoms with Gasteiger partial charge in [0.1, 0.15) is 17.6 Å². The summed E-state index contributed by atoms with van der Waals surface area (Å²) in [6, 6.07) is 8.88. The standard InChI is InChI=1S/C14H13N3O4/c1-9-4-2-3-5-10(9)7-15-13-6-11(14(18)19)12(8-16-13)17(20)21/h2-6,8H,7H2,1H3,(H,15,16)(H,18,19). The van der Waals surface area contributed by atoms with Crippen molar-refractivity contribution in [3.8, 4) is 0 Å². The number of carboxylic acid groups (broad SMARTS) is 1. The van der Waals surface area contributed by atoms with Crippen LogP contribution in [-0.4, -0.2) is 21.0 Å². The number of nitrogens with one attached hydrogen (secondary N) is 1. The molecule has 1 aromatic heterocycles. The van der Waals surface area contributed by atoms with Crippen molar-refractivity contribution in [2.45, 2.75) is 13.5 Å². The summed E-state index contributed by atoms with van der Waals surface area (Å²) in [5.74, 6) is -1.08. The number of aromatic nitrogens is 1. The third kappa shape index (κ3) is 3.33. The van der Waals surface area contributed by atoms with Gasteiger partial charge in [-0.1, -0.05) is 24.3 Å². The Labute approximate surface area is 120 Å². The van der Waals surface area contributed by atoms with E-state index in [0.29, 0.717) is 6.54 Å². The second-order valence-electron chi connectivity index (χ2n) is 4.43. The van der Waals surface area contributed by atoms with Gasteiger partial charge in [0.2, 0.25) is 0 Å². The van der Waals surface area contributed by atoms with Gasteiger partial charge in [-0.15, -0.1) is 0 Å². The SMILES string of the molecule is Cc1ccccc1CNc1cc(C(=O)O)c([N+](=O)[O-])cn1. The molecule has 0 fully saturated rings. The number of nitro groups is 1. The zero-order chi connectivity index (χ0) is 15.4. The quantitative estimate of drug-likeness (QED) is 0.646. The summed E-state index contributed by atoms with van der Waals surface area (Å²) in [5.41, 5.74) is 1.21. The second kappa shape index (κ2) is 6.00. The number of carboxylic acids is 1. The first kappa shape index (κ1) is 14.4. The Hall–Kier alpha value is -2.96. The molecular formula is C14H13N3O4. The Morgan fingerprint density at radius 1 is 1.43 bits per heavy atom. The molecule has 0 aliphatic rings. The Morgan fingerprint density at radius 3 is 2.76 bits per heavy atom. The van der Waals surface area contributed by atoms with Crippen molar-refractivity contribution < 1.29 is 14.8 Å². The fraction of sp³-hybridized carbons (Fsp3) is 0.143. The number of nitrogens with zero attached hydrogens (tertiary/aromatic N) is 2. The van der Waals surface area contributed by atoms with E-state index in [9.17, 15) is 14.9 Å². The van der Waals surface area contributed by atoms with Gasteiger partial charge in [-0.2, -0.15) is 0 Å². The minimum Gasteiger partial charge on any atom is -0.477 e. The molecule has 7 heteroatoms. The van der Waals surface area contributed by atoms with Crippen LogP contribution >= 0.6 is 0 Å². The smallest absolute Gasteiger partial charge is 0.342 e. The van der Waals surface area contributed by atoms with Crippen LogP contribution in [-0.2, 0) is 6.54 Å². The first-order chi connectivity index (χ1) is 9.99. The molecule has 2 aromatic rings. The van der Waals surface area contributed by atoms with Gasteiger partial charge in [-0.25, -0.2) is 9.78 Å². The summed E-state index contributed by atoms with van der Waals surface area (Å²) in [4.78, 5) is 24.9. The maximum Gasteiger partial charge on any atom is 0.342 e. The van der Waals surface area contributed by atoms with Crippen LogP contribution in [0.25, 0.3) is 0 Å². The van der Waals surface area contributed by atoms with E-state index in [-0.39, 0.29) is 11.4 Å². The van der Waals surface area contributed by atoms with Gasteiger partial charge < -0.3 is 10.4 Å². The van der Waals surface area contributed by atoms with Gasteiger partial charge in [-0.3, -0.25) is 10.1 Å². The number of aryl methyl sites for hydroxylation is 1. The Morgan fingerprint density at radius 2 is 2.14 bits per heavy atom. The molecular weight excluding hydrogens is 274 g/mol. The van der Waals surface area contributed by atoms with Crippen LogP contribution in [0.3, 0.4) is 0 Å². The lowest BCUT2D eigenvalue weighted by molar-refractivity contribution is -0.385. The molecule has 2 rings (SSSR count). The maximum absolute atomic E-state index is 11.0. The number of pyridine rings is 1. The Bertz CT molecular complexity index is 700. The van der Waals surface area contributed by atoms with Crippen molar-refractivity contribution in [1.29, 1.82) is 0 Å². The van der Waals surface area contributed by atoms with E-state index in [1.54, 1.807) is 0 Å². The third-order valence-electron chi connectivity index (χ3n) is 3.03. The van der Waals surface area contributed by atoms with E-state index in [1.165, 1.54) is 6.07 Å². The average molecular weight is 287 g/mol. The van der Waals surface area contributed by atoms with E-state index in [4.69, 9.17) is 5.11 Å². The summed E-state index contributed by atoms with van der Waals surface area (Å²) < 4.78 is 0. The van der Waals surface area contributed by atoms with Crippen LogP contribution in [0, 0.1) is 17.0 Å². The zero-order valence-corrected chi connectivity index (χ0v) is 11.2. The monoisotopic (exact) mass is 287 g/mol. The number of carbonyl (C=O) groups is 1. The average Bonchev–Trinajstić information content (AvgIpc) is 2.46. The molecule has 0 bridgehead atoms. The fourth-order valence-corrected chi connectivity index (χ4v) is 1.86. The molecule has 2 N–H and O–H groups in total. The molecule has 0 saturated carbocycles. The number of aromatic carboxylic acids is 1. The topological polar surface area (TPSA) is 105 Å². The molecule has 0 aliphatic heterocycles. The van der Waals surface area contributed by atoms with Crippen LogP contribution in [0.15, 0.2) is 36.5 Å². The first-order valence-electron chi connectivity index (χ1n) is 6.15. The molecule has 0 unspecified atom stereocenters. The third-order valence-corrected chi connectivity index (χ3v) is 3.03. The van der Waals surface area contributed by atoms with Crippen molar-refractivity contribution in [3.63, 3.8) is 0 Å². The van der Waals surface area contributed by atoms with Gasteiger partial charge >= 0.3 is 11.7 Å². The molecule has 108 valence electrons. The van der Waals surface area contributed by atoms with Gasteiger partial charge in [0.05, 0.1) is 4.92 Å². The maximum atomic E-state index is 11.0. The summed E-state index contributed by atoms with van der Waals surface area (Å²) in [7, 11) is 0. The molecule has 7 nitrogen and oxygen atoms in total. The Balaban J connectivity index is 2.22. The minimum atomic E-state index is -1.36.